The Kier molecular flexibility index (Phi) is 4.71. The largest absolute Gasteiger partial charge is 0.372 e. The van der Waals surface area contributed by atoms with Gasteiger partial charge in [-0.05, 0) is 11.6 Å². The SMILES string of the molecule is C=C1C=C=C(Cl)C=NCNC=C1C(=O)C(C)(C)C. The van der Waals surface area contributed by atoms with Gasteiger partial charge >= 0.3 is 0 Å². The minimum Gasteiger partial charge on any atom is -0.372 e. The molecule has 18 heavy (non-hydrogen) atoms. The molecule has 0 unspecified atom stereocenters. The van der Waals surface area contributed by atoms with E-state index in [4.69, 9.17) is 11.6 Å². The molecule has 4 heteroatoms. The van der Waals surface area contributed by atoms with Gasteiger partial charge < -0.3 is 5.32 Å². The zero-order valence-electron chi connectivity index (χ0n) is 10.9. The molecule has 0 fully saturated rings. The summed E-state index contributed by atoms with van der Waals surface area (Å²) >= 11 is 5.85. The average Bonchev–Trinajstić information content (AvgIpc) is 2.28. The van der Waals surface area contributed by atoms with Crippen LogP contribution in [0.1, 0.15) is 20.8 Å². The second-order valence-corrected chi connectivity index (χ2v) is 5.38. The highest BCUT2D eigenvalue weighted by atomic mass is 35.5. The molecule has 0 aromatic rings. The molecule has 0 atom stereocenters. The van der Waals surface area contributed by atoms with E-state index in [9.17, 15) is 4.79 Å². The Balaban J connectivity index is 3.15. The molecule has 0 bridgehead atoms. The number of nitrogens with one attached hydrogen (secondary N) is 1. The number of carbonyl (C=O) groups is 1. The monoisotopic (exact) mass is 264 g/mol. The maximum Gasteiger partial charge on any atom is 0.170 e. The Morgan fingerprint density at radius 3 is 2.83 bits per heavy atom. The number of ketones is 1. The van der Waals surface area contributed by atoms with Gasteiger partial charge in [0.05, 0.1) is 0 Å². The molecule has 0 spiro atoms. The molecular formula is C14H17ClN2O. The number of halogens is 1. The third-order valence-corrected chi connectivity index (χ3v) is 2.50. The minimum absolute atomic E-state index is 0.0127. The first-order chi connectivity index (χ1) is 8.32. The van der Waals surface area contributed by atoms with Crippen molar-refractivity contribution in [3.63, 3.8) is 0 Å². The molecule has 0 saturated carbocycles. The fraction of sp³-hybridized carbons (Fsp3) is 0.357. The number of Topliss-reactive ketones (excluding diaryl/α,β-unsaturated/α-hetero) is 1. The van der Waals surface area contributed by atoms with E-state index in [0.717, 1.165) is 0 Å². The van der Waals surface area contributed by atoms with Crippen LogP contribution < -0.4 is 5.32 Å². The summed E-state index contributed by atoms with van der Waals surface area (Å²) in [4.78, 5) is 16.3. The Morgan fingerprint density at radius 2 is 2.22 bits per heavy atom. The maximum atomic E-state index is 12.3. The van der Waals surface area contributed by atoms with Crippen LogP contribution in [-0.2, 0) is 4.79 Å². The molecule has 1 N–H and O–H groups in total. The van der Waals surface area contributed by atoms with E-state index in [1.54, 1.807) is 12.3 Å². The van der Waals surface area contributed by atoms with Gasteiger partial charge in [-0.1, -0.05) is 44.7 Å². The highest BCUT2D eigenvalue weighted by Crippen LogP contribution is 2.24. The lowest BCUT2D eigenvalue weighted by Crippen LogP contribution is -2.24. The van der Waals surface area contributed by atoms with E-state index in [1.165, 1.54) is 6.21 Å². The summed E-state index contributed by atoms with van der Waals surface area (Å²) in [5.41, 5.74) is 3.46. The third-order valence-electron chi connectivity index (χ3n) is 2.29. The van der Waals surface area contributed by atoms with Gasteiger partial charge in [0.15, 0.2) is 5.78 Å². The fourth-order valence-electron chi connectivity index (χ4n) is 1.31. The van der Waals surface area contributed by atoms with Crippen molar-refractivity contribution in [2.45, 2.75) is 20.8 Å². The lowest BCUT2D eigenvalue weighted by atomic mass is 9.84. The van der Waals surface area contributed by atoms with Crippen molar-refractivity contribution in [3.8, 4) is 0 Å². The van der Waals surface area contributed by atoms with Crippen LogP contribution in [0.4, 0.5) is 0 Å². The van der Waals surface area contributed by atoms with Crippen LogP contribution in [0.15, 0.2) is 45.8 Å². The summed E-state index contributed by atoms with van der Waals surface area (Å²) in [5, 5.41) is 3.32. The quantitative estimate of drug-likeness (QED) is 0.740. The van der Waals surface area contributed by atoms with Crippen molar-refractivity contribution in [2.24, 2.45) is 10.4 Å². The fourth-order valence-corrected chi connectivity index (χ4v) is 1.43. The van der Waals surface area contributed by atoms with Gasteiger partial charge in [-0.25, -0.2) is 0 Å². The molecule has 0 amide bonds. The summed E-state index contributed by atoms with van der Waals surface area (Å²) in [5.74, 6) is 0.0127. The lowest BCUT2D eigenvalue weighted by Gasteiger charge is -2.19. The lowest BCUT2D eigenvalue weighted by molar-refractivity contribution is -0.122. The number of rotatable bonds is 1. The number of hydrogen-bond donors (Lipinski definition) is 1. The zero-order valence-corrected chi connectivity index (χ0v) is 11.6. The summed E-state index contributed by atoms with van der Waals surface area (Å²) in [6, 6.07) is 0. The molecule has 1 aliphatic rings. The number of nitrogens with zero attached hydrogens (tertiary/aromatic N) is 1. The second-order valence-electron chi connectivity index (χ2n) is 4.97. The predicted octanol–water partition coefficient (Wildman–Crippen LogP) is 2.95. The molecular weight excluding hydrogens is 248 g/mol. The molecule has 0 radical (unpaired) electrons. The first-order valence-corrected chi connectivity index (χ1v) is 6.00. The molecule has 3 nitrogen and oxygen atoms in total. The molecule has 0 saturated heterocycles. The van der Waals surface area contributed by atoms with E-state index in [2.05, 4.69) is 22.6 Å². The summed E-state index contributed by atoms with van der Waals surface area (Å²) < 4.78 is 0. The van der Waals surface area contributed by atoms with Crippen LogP contribution in [0.2, 0.25) is 0 Å². The van der Waals surface area contributed by atoms with Crippen LogP contribution in [0.3, 0.4) is 0 Å². The van der Waals surface area contributed by atoms with Crippen molar-refractivity contribution in [1.82, 2.24) is 5.32 Å². The van der Waals surface area contributed by atoms with Crippen LogP contribution >= 0.6 is 11.6 Å². The highest BCUT2D eigenvalue weighted by molar-refractivity contribution is 6.39. The van der Waals surface area contributed by atoms with E-state index < -0.39 is 5.41 Å². The topological polar surface area (TPSA) is 41.5 Å². The summed E-state index contributed by atoms with van der Waals surface area (Å²) in [6.45, 7) is 9.83. The average molecular weight is 265 g/mol. The highest BCUT2D eigenvalue weighted by Gasteiger charge is 2.25. The summed E-state index contributed by atoms with van der Waals surface area (Å²) in [7, 11) is 0. The van der Waals surface area contributed by atoms with Crippen LogP contribution in [0.5, 0.6) is 0 Å². The van der Waals surface area contributed by atoms with Gasteiger partial charge in [0.2, 0.25) is 0 Å². The van der Waals surface area contributed by atoms with Crippen LogP contribution in [-0.4, -0.2) is 18.7 Å². The molecule has 1 rings (SSSR count). The Bertz CT molecular complexity index is 486. The van der Waals surface area contributed by atoms with Gasteiger partial charge in [0.1, 0.15) is 11.7 Å². The molecule has 0 aromatic heterocycles. The van der Waals surface area contributed by atoms with Gasteiger partial charge in [0.25, 0.3) is 0 Å². The molecule has 0 aliphatic carbocycles. The Hall–Kier alpha value is -1.57. The van der Waals surface area contributed by atoms with Crippen molar-refractivity contribution in [2.75, 3.05) is 6.67 Å². The van der Waals surface area contributed by atoms with E-state index >= 15 is 0 Å². The number of hydrogen-bond acceptors (Lipinski definition) is 3. The first kappa shape index (κ1) is 14.5. The minimum atomic E-state index is -0.467. The van der Waals surface area contributed by atoms with E-state index in [0.29, 0.717) is 22.8 Å². The standard InChI is InChI=1S/C14H17ClN2O/c1-10-5-6-11(15)7-16-9-17-8-12(10)13(18)14(2,3)4/h5,7-8,17H,1,9H2,2-4H3. The van der Waals surface area contributed by atoms with Gasteiger partial charge in [-0.3, -0.25) is 9.79 Å². The first-order valence-electron chi connectivity index (χ1n) is 5.62. The number of aliphatic imine (C=N–C) groups is 1. The van der Waals surface area contributed by atoms with Crippen molar-refractivity contribution in [3.05, 3.63) is 40.8 Å². The normalized spacial score (nSPS) is 16.8. The van der Waals surface area contributed by atoms with E-state index in [1.807, 2.05) is 20.8 Å². The van der Waals surface area contributed by atoms with Gasteiger partial charge in [0, 0.05) is 23.4 Å². The van der Waals surface area contributed by atoms with Crippen LogP contribution in [0.25, 0.3) is 0 Å². The molecule has 0 aromatic carbocycles. The maximum absolute atomic E-state index is 12.3. The second kappa shape index (κ2) is 5.85. The summed E-state index contributed by atoms with van der Waals surface area (Å²) in [6.07, 6.45) is 4.74. The van der Waals surface area contributed by atoms with E-state index in [-0.39, 0.29) is 5.78 Å². The van der Waals surface area contributed by atoms with Crippen molar-refractivity contribution in [1.29, 1.82) is 0 Å². The van der Waals surface area contributed by atoms with Crippen molar-refractivity contribution >= 4 is 23.6 Å². The number of allylic oxidation sites excluding steroid dienone is 3. The van der Waals surface area contributed by atoms with Gasteiger partial charge in [-0.15, -0.1) is 0 Å². The third kappa shape index (κ3) is 4.02. The number of carbonyl (C=O) groups excluding carboxylic acids is 1. The Morgan fingerprint density at radius 1 is 1.56 bits per heavy atom. The Labute approximate surface area is 113 Å². The molecule has 1 aliphatic heterocycles. The van der Waals surface area contributed by atoms with Crippen LogP contribution in [0, 0.1) is 5.41 Å². The van der Waals surface area contributed by atoms with Crippen molar-refractivity contribution < 1.29 is 4.79 Å². The zero-order chi connectivity index (χ0) is 13.8. The molecule has 96 valence electrons. The predicted molar refractivity (Wildman–Crippen MR) is 75.6 cm³/mol. The smallest absolute Gasteiger partial charge is 0.170 e. The van der Waals surface area contributed by atoms with Gasteiger partial charge in [-0.2, -0.15) is 0 Å². The molecule has 1 heterocycles.